The second-order valence-electron chi connectivity index (χ2n) is 6.05. The topological polar surface area (TPSA) is 54.3 Å². The Labute approximate surface area is 147 Å². The van der Waals surface area contributed by atoms with E-state index in [0.717, 1.165) is 16.8 Å². The minimum absolute atomic E-state index is 0.126. The van der Waals surface area contributed by atoms with E-state index in [2.05, 4.69) is 5.32 Å². The smallest absolute Gasteiger partial charge is 0.251 e. The molecule has 1 atom stereocenters. The molecular weight excluding hydrogens is 312 g/mol. The number of aromatic nitrogens is 1. The van der Waals surface area contributed by atoms with Crippen LogP contribution in [-0.2, 0) is 7.05 Å². The number of aliphatic hydroxyl groups excluding tert-OH is 1. The summed E-state index contributed by atoms with van der Waals surface area (Å²) in [6.45, 7) is 0.422. The number of aryl methyl sites for hydroxylation is 1. The van der Waals surface area contributed by atoms with Crippen molar-refractivity contribution in [2.75, 3.05) is 6.54 Å². The van der Waals surface area contributed by atoms with E-state index < -0.39 is 6.10 Å². The lowest BCUT2D eigenvalue weighted by atomic mass is 10.0. The Morgan fingerprint density at radius 3 is 2.32 bits per heavy atom. The third kappa shape index (κ3) is 4.17. The van der Waals surface area contributed by atoms with Crippen molar-refractivity contribution in [1.29, 1.82) is 0 Å². The first kappa shape index (κ1) is 17.0. The number of carbonyl (C=O) groups is 1. The van der Waals surface area contributed by atoms with Crippen molar-refractivity contribution >= 4 is 5.91 Å². The summed E-state index contributed by atoms with van der Waals surface area (Å²) < 4.78 is 1.88. The van der Waals surface area contributed by atoms with Crippen molar-refractivity contribution in [3.8, 4) is 11.1 Å². The zero-order valence-electron chi connectivity index (χ0n) is 14.2. The van der Waals surface area contributed by atoms with Crippen LogP contribution in [0.4, 0.5) is 0 Å². The number of hydrogen-bond donors (Lipinski definition) is 2. The molecule has 4 heteroatoms. The Hall–Kier alpha value is -2.85. The first-order valence-corrected chi connectivity index (χ1v) is 8.38. The monoisotopic (exact) mass is 334 g/mol. The number of hydrogen-bond acceptors (Lipinski definition) is 2. The predicted octanol–water partition coefficient (Wildman–Crippen LogP) is 3.55. The van der Waals surface area contributed by atoms with Crippen LogP contribution in [0.15, 0.2) is 72.9 Å². The van der Waals surface area contributed by atoms with Gasteiger partial charge in [-0.2, -0.15) is 0 Å². The minimum Gasteiger partial charge on any atom is -0.387 e. The summed E-state index contributed by atoms with van der Waals surface area (Å²) in [6.07, 6.45) is 1.79. The number of aliphatic hydroxyl groups is 1. The van der Waals surface area contributed by atoms with Gasteiger partial charge in [0.1, 0.15) is 0 Å². The van der Waals surface area contributed by atoms with Crippen LogP contribution in [0.5, 0.6) is 0 Å². The van der Waals surface area contributed by atoms with E-state index in [-0.39, 0.29) is 5.91 Å². The number of amides is 1. The minimum atomic E-state index is -0.583. The third-order valence-corrected chi connectivity index (χ3v) is 4.28. The first-order valence-electron chi connectivity index (χ1n) is 8.38. The highest BCUT2D eigenvalue weighted by atomic mass is 16.3. The van der Waals surface area contributed by atoms with Crippen molar-refractivity contribution in [2.24, 2.45) is 7.05 Å². The van der Waals surface area contributed by atoms with Gasteiger partial charge in [-0.15, -0.1) is 0 Å². The molecule has 3 aromatic rings. The molecule has 0 saturated carbocycles. The highest BCUT2D eigenvalue weighted by molar-refractivity contribution is 5.94. The maximum absolute atomic E-state index is 12.2. The van der Waals surface area contributed by atoms with Gasteiger partial charge in [-0.3, -0.25) is 4.79 Å². The number of rotatable bonds is 6. The molecule has 25 heavy (non-hydrogen) atoms. The van der Waals surface area contributed by atoms with Gasteiger partial charge in [-0.25, -0.2) is 0 Å². The Kier molecular flexibility index (Phi) is 5.31. The summed E-state index contributed by atoms with van der Waals surface area (Å²) in [5, 5.41) is 13.0. The van der Waals surface area contributed by atoms with Crippen LogP contribution in [0, 0.1) is 0 Å². The van der Waals surface area contributed by atoms with Crippen molar-refractivity contribution in [3.05, 3.63) is 84.2 Å². The first-order chi connectivity index (χ1) is 12.1. The standard InChI is InChI=1S/C21H22N2O2/c1-23-15-5-8-19(23)20(24)13-14-22-21(25)18-11-9-17(10-12-18)16-6-3-2-4-7-16/h2-12,15,20,24H,13-14H2,1H3,(H,22,25). The molecule has 0 aliphatic carbocycles. The van der Waals surface area contributed by atoms with Crippen molar-refractivity contribution < 1.29 is 9.90 Å². The second kappa shape index (κ2) is 7.81. The number of benzene rings is 2. The summed E-state index contributed by atoms with van der Waals surface area (Å²) in [5.74, 6) is -0.126. The summed E-state index contributed by atoms with van der Waals surface area (Å²) >= 11 is 0. The molecule has 0 bridgehead atoms. The fraction of sp³-hybridized carbons (Fsp3) is 0.190. The molecule has 1 unspecified atom stereocenters. The summed E-state index contributed by atoms with van der Waals surface area (Å²) in [6, 6.07) is 21.4. The molecular formula is C21H22N2O2. The number of nitrogens with one attached hydrogen (secondary N) is 1. The van der Waals surface area contributed by atoms with E-state index in [0.29, 0.717) is 18.5 Å². The lowest BCUT2D eigenvalue weighted by Crippen LogP contribution is -2.25. The molecule has 0 radical (unpaired) electrons. The molecule has 2 N–H and O–H groups in total. The van der Waals surface area contributed by atoms with E-state index in [4.69, 9.17) is 0 Å². The van der Waals surface area contributed by atoms with E-state index in [9.17, 15) is 9.90 Å². The zero-order valence-corrected chi connectivity index (χ0v) is 14.2. The third-order valence-electron chi connectivity index (χ3n) is 4.28. The molecule has 4 nitrogen and oxygen atoms in total. The maximum atomic E-state index is 12.2. The quantitative estimate of drug-likeness (QED) is 0.724. The maximum Gasteiger partial charge on any atom is 0.251 e. The van der Waals surface area contributed by atoms with Gasteiger partial charge in [0.2, 0.25) is 0 Å². The average molecular weight is 334 g/mol. The largest absolute Gasteiger partial charge is 0.387 e. The Bertz CT molecular complexity index is 823. The number of nitrogens with zero attached hydrogens (tertiary/aromatic N) is 1. The van der Waals surface area contributed by atoms with Gasteiger partial charge in [-0.1, -0.05) is 42.5 Å². The molecule has 128 valence electrons. The van der Waals surface area contributed by atoms with Crippen LogP contribution < -0.4 is 5.32 Å². The summed E-state index contributed by atoms with van der Waals surface area (Å²) in [4.78, 5) is 12.2. The van der Waals surface area contributed by atoms with E-state index in [1.54, 1.807) is 0 Å². The van der Waals surface area contributed by atoms with Gasteiger partial charge in [0, 0.05) is 31.0 Å². The average Bonchev–Trinajstić information content (AvgIpc) is 3.08. The van der Waals surface area contributed by atoms with Gasteiger partial charge < -0.3 is 15.0 Å². The fourth-order valence-electron chi connectivity index (χ4n) is 2.84. The van der Waals surface area contributed by atoms with Crippen LogP contribution >= 0.6 is 0 Å². The molecule has 0 aliphatic heterocycles. The van der Waals surface area contributed by atoms with E-state index in [1.165, 1.54) is 0 Å². The Morgan fingerprint density at radius 1 is 1.00 bits per heavy atom. The molecule has 0 fully saturated rings. The van der Waals surface area contributed by atoms with Gasteiger partial charge in [0.15, 0.2) is 0 Å². The molecule has 0 aliphatic rings. The van der Waals surface area contributed by atoms with E-state index in [1.807, 2.05) is 84.5 Å². The SMILES string of the molecule is Cn1cccc1C(O)CCNC(=O)c1ccc(-c2ccccc2)cc1. The lowest BCUT2D eigenvalue weighted by Gasteiger charge is -2.12. The molecule has 1 heterocycles. The van der Waals surface area contributed by atoms with Crippen LogP contribution in [0.25, 0.3) is 11.1 Å². The molecule has 3 rings (SSSR count). The molecule has 2 aromatic carbocycles. The van der Waals surface area contributed by atoms with Crippen LogP contribution in [0.1, 0.15) is 28.6 Å². The van der Waals surface area contributed by atoms with Gasteiger partial charge >= 0.3 is 0 Å². The fourth-order valence-corrected chi connectivity index (χ4v) is 2.84. The van der Waals surface area contributed by atoms with Crippen molar-refractivity contribution in [2.45, 2.75) is 12.5 Å². The zero-order chi connectivity index (χ0) is 17.6. The number of carbonyl (C=O) groups excluding carboxylic acids is 1. The Balaban J connectivity index is 1.54. The summed E-state index contributed by atoms with van der Waals surface area (Å²) in [5.41, 5.74) is 3.67. The van der Waals surface area contributed by atoms with E-state index >= 15 is 0 Å². The van der Waals surface area contributed by atoms with Crippen LogP contribution in [0.2, 0.25) is 0 Å². The van der Waals surface area contributed by atoms with Crippen LogP contribution in [0.3, 0.4) is 0 Å². The van der Waals surface area contributed by atoms with Gasteiger partial charge in [-0.05, 0) is 41.8 Å². The predicted molar refractivity (Wildman–Crippen MR) is 99.2 cm³/mol. The van der Waals surface area contributed by atoms with Crippen molar-refractivity contribution in [3.63, 3.8) is 0 Å². The Morgan fingerprint density at radius 2 is 1.68 bits per heavy atom. The lowest BCUT2D eigenvalue weighted by molar-refractivity contribution is 0.0941. The molecule has 1 aromatic heterocycles. The van der Waals surface area contributed by atoms with Gasteiger partial charge in [0.25, 0.3) is 5.91 Å². The molecule has 0 saturated heterocycles. The molecule has 0 spiro atoms. The highest BCUT2D eigenvalue weighted by Crippen LogP contribution is 2.19. The second-order valence-corrected chi connectivity index (χ2v) is 6.05. The normalized spacial score (nSPS) is 11.9. The summed E-state index contributed by atoms with van der Waals surface area (Å²) in [7, 11) is 1.89. The highest BCUT2D eigenvalue weighted by Gasteiger charge is 2.11. The van der Waals surface area contributed by atoms with Crippen LogP contribution in [-0.4, -0.2) is 22.1 Å². The van der Waals surface area contributed by atoms with Gasteiger partial charge in [0.05, 0.1) is 6.10 Å². The van der Waals surface area contributed by atoms with Crippen molar-refractivity contribution in [1.82, 2.24) is 9.88 Å². The molecule has 1 amide bonds.